The molecule has 0 spiro atoms. The minimum absolute atomic E-state index is 0.130. The smallest absolute Gasteiger partial charge is 0.295 e. The average Bonchev–Trinajstić information content (AvgIpc) is 2.77. The van der Waals surface area contributed by atoms with Crippen LogP contribution in [-0.4, -0.2) is 9.97 Å². The Morgan fingerprint density at radius 3 is 1.45 bits per heavy atom. The maximum Gasteiger partial charge on any atom is 0.295 e. The highest BCUT2D eigenvalue weighted by Crippen LogP contribution is 2.54. The number of nitrogens with zero attached hydrogens (tertiary/aromatic N) is 1. The van der Waals surface area contributed by atoms with E-state index in [0.717, 1.165) is 15.9 Å². The second-order valence-electron chi connectivity index (χ2n) is 8.51. The molecule has 0 atom stereocenters. The van der Waals surface area contributed by atoms with Gasteiger partial charge >= 0.3 is 0 Å². The molecule has 0 aliphatic carbocycles. The molecule has 31 heavy (non-hydrogen) atoms. The summed E-state index contributed by atoms with van der Waals surface area (Å²) < 4.78 is 0. The SMILES string of the molecule is CC(C)(C)c1nc(S)c([P+](c2ccccc2)(c2ccccc2)c2ccccc2)c(=O)[nH]1. The van der Waals surface area contributed by atoms with E-state index in [2.05, 4.69) is 41.4 Å². The molecule has 0 aliphatic rings. The number of thiol groups is 1. The number of H-pyrrole nitrogens is 1. The molecule has 4 rings (SSSR count). The van der Waals surface area contributed by atoms with Crippen LogP contribution < -0.4 is 26.8 Å². The Morgan fingerprint density at radius 1 is 0.742 bits per heavy atom. The fourth-order valence-electron chi connectivity index (χ4n) is 3.90. The molecule has 0 unspecified atom stereocenters. The molecule has 1 heterocycles. The molecule has 1 N–H and O–H groups in total. The predicted molar refractivity (Wildman–Crippen MR) is 136 cm³/mol. The molecule has 0 bridgehead atoms. The first-order valence-corrected chi connectivity index (χ1v) is 12.5. The van der Waals surface area contributed by atoms with Gasteiger partial charge in [0.15, 0.2) is 7.26 Å². The summed E-state index contributed by atoms with van der Waals surface area (Å²) in [5.74, 6) is 0.638. The van der Waals surface area contributed by atoms with Crippen LogP contribution in [0.4, 0.5) is 0 Å². The van der Waals surface area contributed by atoms with Crippen LogP contribution in [0.5, 0.6) is 0 Å². The van der Waals surface area contributed by atoms with Crippen LogP contribution in [0.25, 0.3) is 0 Å². The summed E-state index contributed by atoms with van der Waals surface area (Å²) in [6, 6.07) is 30.8. The van der Waals surface area contributed by atoms with Gasteiger partial charge in [-0.05, 0) is 36.4 Å². The van der Waals surface area contributed by atoms with E-state index in [1.807, 2.05) is 75.4 Å². The van der Waals surface area contributed by atoms with Crippen molar-refractivity contribution in [2.24, 2.45) is 0 Å². The molecule has 156 valence electrons. The molecule has 1 aromatic heterocycles. The molecule has 0 radical (unpaired) electrons. The van der Waals surface area contributed by atoms with Gasteiger partial charge in [-0.1, -0.05) is 75.4 Å². The standard InChI is InChI=1S/C26H25N2OPS/c1-26(2,3)25-27-23(29)22(24(31)28-25)30(19-13-7-4-8-14-19,20-15-9-5-10-16-20)21-17-11-6-12-18-21/h4-18H,1-3H3,(H-,27,28,29,31)/p+1. The Morgan fingerprint density at radius 2 is 1.13 bits per heavy atom. The van der Waals surface area contributed by atoms with Crippen molar-refractivity contribution in [3.63, 3.8) is 0 Å². The molecular formula is C26H26N2OPS+. The minimum atomic E-state index is -2.54. The first kappa shape index (κ1) is 21.5. The minimum Gasteiger partial charge on any atom is -0.307 e. The first-order valence-electron chi connectivity index (χ1n) is 10.3. The molecular weight excluding hydrogens is 419 g/mol. The van der Waals surface area contributed by atoms with Crippen molar-refractivity contribution in [3.8, 4) is 0 Å². The van der Waals surface area contributed by atoms with E-state index in [1.165, 1.54) is 0 Å². The van der Waals surface area contributed by atoms with Gasteiger partial charge in [0.2, 0.25) is 5.30 Å². The van der Waals surface area contributed by atoms with E-state index in [0.29, 0.717) is 16.2 Å². The molecule has 3 nitrogen and oxygen atoms in total. The summed E-state index contributed by atoms with van der Waals surface area (Å²) in [6.45, 7) is 6.10. The lowest BCUT2D eigenvalue weighted by Gasteiger charge is -2.28. The maximum atomic E-state index is 13.8. The first-order chi connectivity index (χ1) is 14.8. The lowest BCUT2D eigenvalue weighted by atomic mass is 9.96. The molecule has 4 aromatic rings. The molecule has 0 saturated carbocycles. The van der Waals surface area contributed by atoms with Crippen LogP contribution in [0, 0.1) is 0 Å². The van der Waals surface area contributed by atoms with Crippen molar-refractivity contribution in [2.75, 3.05) is 0 Å². The summed E-state index contributed by atoms with van der Waals surface area (Å²) in [7, 11) is -2.54. The van der Waals surface area contributed by atoms with Gasteiger partial charge in [0.25, 0.3) is 5.56 Å². The number of hydrogen-bond acceptors (Lipinski definition) is 3. The summed E-state index contributed by atoms with van der Waals surface area (Å²) >= 11 is 4.81. The van der Waals surface area contributed by atoms with Crippen molar-refractivity contribution in [2.45, 2.75) is 31.2 Å². The van der Waals surface area contributed by atoms with Gasteiger partial charge in [-0.3, -0.25) is 4.79 Å². The quantitative estimate of drug-likeness (QED) is 0.284. The zero-order valence-corrected chi connectivity index (χ0v) is 19.7. The zero-order chi connectivity index (χ0) is 22.1. The molecule has 0 aliphatic heterocycles. The van der Waals surface area contributed by atoms with Crippen molar-refractivity contribution in [1.29, 1.82) is 0 Å². The van der Waals surface area contributed by atoms with Crippen molar-refractivity contribution in [1.82, 2.24) is 9.97 Å². The van der Waals surface area contributed by atoms with Gasteiger partial charge in [-0.25, -0.2) is 4.98 Å². The predicted octanol–water partition coefficient (Wildman–Crippen LogP) is 3.98. The largest absolute Gasteiger partial charge is 0.307 e. The summed E-state index contributed by atoms with van der Waals surface area (Å²) in [5.41, 5.74) is -0.419. The van der Waals surface area contributed by atoms with Crippen molar-refractivity contribution in [3.05, 3.63) is 107 Å². The normalized spacial score (nSPS) is 12.0. The zero-order valence-electron chi connectivity index (χ0n) is 17.9. The highest BCUT2D eigenvalue weighted by atomic mass is 32.1. The Bertz CT molecular complexity index is 1140. The Kier molecular flexibility index (Phi) is 5.88. The molecule has 0 amide bonds. The molecule has 3 aromatic carbocycles. The Hall–Kier alpha value is -2.68. The summed E-state index contributed by atoms with van der Waals surface area (Å²) in [4.78, 5) is 21.6. The fraction of sp³-hybridized carbons (Fsp3) is 0.154. The Labute approximate surface area is 189 Å². The van der Waals surface area contributed by atoms with Gasteiger partial charge in [0.1, 0.15) is 26.8 Å². The van der Waals surface area contributed by atoms with Gasteiger partial charge in [-0.15, -0.1) is 12.6 Å². The second kappa shape index (κ2) is 8.45. The van der Waals surface area contributed by atoms with E-state index in [9.17, 15) is 4.79 Å². The van der Waals surface area contributed by atoms with Crippen molar-refractivity contribution < 1.29 is 0 Å². The van der Waals surface area contributed by atoms with Crippen LogP contribution in [0.2, 0.25) is 0 Å². The van der Waals surface area contributed by atoms with Crippen LogP contribution in [0.15, 0.2) is 101 Å². The van der Waals surface area contributed by atoms with Crippen LogP contribution in [-0.2, 0) is 5.41 Å². The van der Waals surface area contributed by atoms with E-state index in [4.69, 9.17) is 17.6 Å². The fourth-order valence-corrected chi connectivity index (χ4v) is 8.79. The van der Waals surface area contributed by atoms with Crippen LogP contribution >= 0.6 is 19.9 Å². The van der Waals surface area contributed by atoms with Gasteiger partial charge < -0.3 is 4.98 Å². The number of hydrogen-bond donors (Lipinski definition) is 2. The van der Waals surface area contributed by atoms with Gasteiger partial charge in [0.05, 0.1) is 0 Å². The second-order valence-corrected chi connectivity index (χ2v) is 12.3. The molecule has 0 fully saturated rings. The van der Waals surface area contributed by atoms with E-state index < -0.39 is 7.26 Å². The number of aromatic amines is 1. The summed E-state index contributed by atoms with van der Waals surface area (Å²) in [5, 5.41) is 4.40. The third-order valence-corrected chi connectivity index (χ3v) is 10.2. The van der Waals surface area contributed by atoms with Gasteiger partial charge in [0, 0.05) is 5.41 Å². The van der Waals surface area contributed by atoms with Crippen molar-refractivity contribution >= 4 is 41.1 Å². The topological polar surface area (TPSA) is 45.8 Å². The van der Waals surface area contributed by atoms with E-state index >= 15 is 0 Å². The third-order valence-electron chi connectivity index (χ3n) is 5.35. The average molecular weight is 446 g/mol. The Balaban J connectivity index is 2.19. The number of nitrogens with one attached hydrogen (secondary N) is 1. The number of rotatable bonds is 4. The lowest BCUT2D eigenvalue weighted by Crippen LogP contribution is -2.47. The summed E-state index contributed by atoms with van der Waals surface area (Å²) in [6.07, 6.45) is 0. The third kappa shape index (κ3) is 3.86. The van der Waals surface area contributed by atoms with E-state index in [-0.39, 0.29) is 11.0 Å². The lowest BCUT2D eigenvalue weighted by molar-refractivity contribution is 0.537. The highest BCUT2D eigenvalue weighted by Gasteiger charge is 2.51. The van der Waals surface area contributed by atoms with Crippen LogP contribution in [0.3, 0.4) is 0 Å². The number of aromatic nitrogens is 2. The number of benzene rings is 3. The van der Waals surface area contributed by atoms with E-state index in [1.54, 1.807) is 0 Å². The molecule has 5 heteroatoms. The molecule has 0 saturated heterocycles. The van der Waals surface area contributed by atoms with Crippen LogP contribution in [0.1, 0.15) is 26.6 Å². The maximum absolute atomic E-state index is 13.8. The van der Waals surface area contributed by atoms with Gasteiger partial charge in [-0.2, -0.15) is 0 Å². The monoisotopic (exact) mass is 445 g/mol. The highest BCUT2D eigenvalue weighted by molar-refractivity contribution is 8.02.